The summed E-state index contributed by atoms with van der Waals surface area (Å²) in [5, 5.41) is 7.85. The molecule has 0 amide bonds. The molecule has 2 N–H and O–H groups in total. The molecule has 21 heavy (non-hydrogen) atoms. The molecule has 1 heterocycles. The molecular formula is C16H28N4S. The minimum Gasteiger partial charge on any atom is -0.370 e. The van der Waals surface area contributed by atoms with Crippen LogP contribution in [0.15, 0.2) is 11.2 Å². The quantitative estimate of drug-likeness (QED) is 0.602. The van der Waals surface area contributed by atoms with Crippen LogP contribution in [0.25, 0.3) is 0 Å². The monoisotopic (exact) mass is 308 g/mol. The first kappa shape index (κ1) is 16.4. The van der Waals surface area contributed by atoms with Gasteiger partial charge in [-0.15, -0.1) is 0 Å². The normalized spacial score (nSPS) is 21.0. The second kappa shape index (κ2) is 7.34. The van der Waals surface area contributed by atoms with Crippen molar-refractivity contribution in [2.24, 2.45) is 5.41 Å². The summed E-state index contributed by atoms with van der Waals surface area (Å²) >= 11 is 1.59. The summed E-state index contributed by atoms with van der Waals surface area (Å²) in [4.78, 5) is 9.14. The maximum atomic E-state index is 4.62. The van der Waals surface area contributed by atoms with Gasteiger partial charge in [-0.3, -0.25) is 0 Å². The van der Waals surface area contributed by atoms with Crippen molar-refractivity contribution in [3.63, 3.8) is 0 Å². The van der Waals surface area contributed by atoms with Crippen LogP contribution in [0.1, 0.15) is 52.9 Å². The third-order valence-electron chi connectivity index (χ3n) is 4.27. The zero-order valence-corrected chi connectivity index (χ0v) is 14.5. The fourth-order valence-electron chi connectivity index (χ4n) is 2.87. The highest BCUT2D eigenvalue weighted by Gasteiger charge is 2.32. The van der Waals surface area contributed by atoms with Gasteiger partial charge in [0.2, 0.25) is 0 Å². The number of anilines is 2. The lowest BCUT2D eigenvalue weighted by Gasteiger charge is -2.39. The molecule has 1 aliphatic rings. The van der Waals surface area contributed by atoms with Crippen LogP contribution in [-0.2, 0) is 0 Å². The fraction of sp³-hybridized carbons (Fsp3) is 0.750. The molecule has 1 fully saturated rings. The van der Waals surface area contributed by atoms with Crippen molar-refractivity contribution in [3.8, 4) is 0 Å². The first-order valence-corrected chi connectivity index (χ1v) is 9.21. The van der Waals surface area contributed by atoms with E-state index < -0.39 is 0 Å². The van der Waals surface area contributed by atoms with Crippen molar-refractivity contribution in [1.29, 1.82) is 0 Å². The van der Waals surface area contributed by atoms with Crippen LogP contribution in [0.2, 0.25) is 0 Å². The molecule has 0 saturated heterocycles. The molecule has 0 radical (unpaired) electrons. The summed E-state index contributed by atoms with van der Waals surface area (Å²) in [6, 6.07) is 2.54. The lowest BCUT2D eigenvalue weighted by Crippen LogP contribution is -2.39. The van der Waals surface area contributed by atoms with Gasteiger partial charge in [0.1, 0.15) is 11.6 Å². The summed E-state index contributed by atoms with van der Waals surface area (Å²) in [5.74, 6) is 1.88. The molecule has 0 spiro atoms. The summed E-state index contributed by atoms with van der Waals surface area (Å²) in [5.41, 5.74) is 0.333. The SMILES string of the molecule is CCCNc1cc(NC2CCCCC2(C)C)nc(SC)n1. The molecule has 1 saturated carbocycles. The van der Waals surface area contributed by atoms with Gasteiger partial charge in [0, 0.05) is 18.7 Å². The van der Waals surface area contributed by atoms with Crippen LogP contribution < -0.4 is 10.6 Å². The molecule has 0 aliphatic heterocycles. The summed E-state index contributed by atoms with van der Waals surface area (Å²) < 4.78 is 0. The Balaban J connectivity index is 2.14. The van der Waals surface area contributed by atoms with E-state index in [1.165, 1.54) is 25.7 Å². The molecule has 1 atom stereocenters. The van der Waals surface area contributed by atoms with Crippen molar-refractivity contribution < 1.29 is 0 Å². The lowest BCUT2D eigenvalue weighted by atomic mass is 9.73. The molecule has 0 aromatic carbocycles. The molecule has 118 valence electrons. The van der Waals surface area contributed by atoms with Crippen LogP contribution in [0.4, 0.5) is 11.6 Å². The average molecular weight is 308 g/mol. The van der Waals surface area contributed by atoms with Gasteiger partial charge in [-0.05, 0) is 30.9 Å². The van der Waals surface area contributed by atoms with E-state index >= 15 is 0 Å². The Bertz CT molecular complexity index is 462. The Morgan fingerprint density at radius 3 is 2.71 bits per heavy atom. The van der Waals surface area contributed by atoms with Crippen LogP contribution >= 0.6 is 11.8 Å². The molecule has 1 aromatic heterocycles. The molecule has 1 aromatic rings. The number of aromatic nitrogens is 2. The van der Waals surface area contributed by atoms with Gasteiger partial charge >= 0.3 is 0 Å². The molecule has 0 bridgehead atoms. The van der Waals surface area contributed by atoms with Crippen molar-refractivity contribution in [3.05, 3.63) is 6.07 Å². The number of nitrogens with zero attached hydrogens (tertiary/aromatic N) is 2. The largest absolute Gasteiger partial charge is 0.370 e. The Morgan fingerprint density at radius 1 is 1.29 bits per heavy atom. The predicted octanol–water partition coefficient (Wildman–Crippen LogP) is 4.40. The predicted molar refractivity (Wildman–Crippen MR) is 92.3 cm³/mol. The zero-order chi connectivity index (χ0) is 15.3. The fourth-order valence-corrected chi connectivity index (χ4v) is 3.25. The Hall–Kier alpha value is -0.970. The molecule has 2 rings (SSSR count). The average Bonchev–Trinajstić information content (AvgIpc) is 2.47. The number of thioether (sulfide) groups is 1. The van der Waals surface area contributed by atoms with Gasteiger partial charge in [-0.1, -0.05) is 45.4 Å². The summed E-state index contributed by atoms with van der Waals surface area (Å²) in [7, 11) is 0. The topological polar surface area (TPSA) is 49.8 Å². The third-order valence-corrected chi connectivity index (χ3v) is 4.82. The Morgan fingerprint density at radius 2 is 2.05 bits per heavy atom. The second-order valence-electron chi connectivity index (χ2n) is 6.48. The van der Waals surface area contributed by atoms with Crippen molar-refractivity contribution >= 4 is 23.4 Å². The van der Waals surface area contributed by atoms with Crippen LogP contribution in [-0.4, -0.2) is 28.8 Å². The third kappa shape index (κ3) is 4.50. The number of hydrogen-bond acceptors (Lipinski definition) is 5. The molecule has 5 heteroatoms. The van der Waals surface area contributed by atoms with Crippen molar-refractivity contribution in [2.45, 2.75) is 64.1 Å². The highest BCUT2D eigenvalue weighted by Crippen LogP contribution is 2.37. The van der Waals surface area contributed by atoms with Gasteiger partial charge in [0.25, 0.3) is 0 Å². The van der Waals surface area contributed by atoms with Gasteiger partial charge in [0.05, 0.1) is 0 Å². The van der Waals surface area contributed by atoms with Crippen molar-refractivity contribution in [1.82, 2.24) is 9.97 Å². The first-order valence-electron chi connectivity index (χ1n) is 7.98. The molecular weight excluding hydrogens is 280 g/mol. The highest BCUT2D eigenvalue weighted by atomic mass is 32.2. The smallest absolute Gasteiger partial charge is 0.191 e. The second-order valence-corrected chi connectivity index (χ2v) is 7.26. The lowest BCUT2D eigenvalue weighted by molar-refractivity contribution is 0.216. The van der Waals surface area contributed by atoms with E-state index in [4.69, 9.17) is 0 Å². The summed E-state index contributed by atoms with van der Waals surface area (Å²) in [6.45, 7) is 7.82. The minimum absolute atomic E-state index is 0.333. The highest BCUT2D eigenvalue weighted by molar-refractivity contribution is 7.98. The molecule has 4 nitrogen and oxygen atoms in total. The van der Waals surface area contributed by atoms with E-state index in [-0.39, 0.29) is 0 Å². The maximum Gasteiger partial charge on any atom is 0.191 e. The molecule has 1 unspecified atom stereocenters. The van der Waals surface area contributed by atoms with Gasteiger partial charge in [-0.25, -0.2) is 9.97 Å². The van der Waals surface area contributed by atoms with E-state index in [1.54, 1.807) is 11.8 Å². The van der Waals surface area contributed by atoms with Gasteiger partial charge in [-0.2, -0.15) is 0 Å². The summed E-state index contributed by atoms with van der Waals surface area (Å²) in [6.07, 6.45) is 8.27. The standard InChI is InChI=1S/C16H28N4S/c1-5-10-17-13-11-14(20-15(19-13)21-4)18-12-8-6-7-9-16(12,2)3/h11-12H,5-10H2,1-4H3,(H2,17,18,19,20). The van der Waals surface area contributed by atoms with E-state index in [9.17, 15) is 0 Å². The van der Waals surface area contributed by atoms with Crippen LogP contribution in [0, 0.1) is 5.41 Å². The minimum atomic E-state index is 0.333. The maximum absolute atomic E-state index is 4.62. The van der Waals surface area contributed by atoms with Gasteiger partial charge in [0.15, 0.2) is 5.16 Å². The Labute approximate surface area is 132 Å². The van der Waals surface area contributed by atoms with Crippen LogP contribution in [0.3, 0.4) is 0 Å². The van der Waals surface area contributed by atoms with Crippen LogP contribution in [0.5, 0.6) is 0 Å². The Kier molecular flexibility index (Phi) is 5.73. The zero-order valence-electron chi connectivity index (χ0n) is 13.7. The number of nitrogens with one attached hydrogen (secondary N) is 2. The van der Waals surface area contributed by atoms with E-state index in [0.29, 0.717) is 11.5 Å². The van der Waals surface area contributed by atoms with E-state index in [1.807, 2.05) is 12.3 Å². The van der Waals surface area contributed by atoms with E-state index in [0.717, 1.165) is 29.8 Å². The molecule has 1 aliphatic carbocycles. The number of rotatable bonds is 6. The van der Waals surface area contributed by atoms with Crippen molar-refractivity contribution in [2.75, 3.05) is 23.4 Å². The van der Waals surface area contributed by atoms with E-state index in [2.05, 4.69) is 41.4 Å². The first-order chi connectivity index (χ1) is 10.0. The van der Waals surface area contributed by atoms with Gasteiger partial charge < -0.3 is 10.6 Å². The number of hydrogen-bond donors (Lipinski definition) is 2.